The Morgan fingerprint density at radius 3 is 2.72 bits per heavy atom. The number of carboxylic acid groups (broad SMARTS) is 1. The maximum absolute atomic E-state index is 11.5. The van der Waals surface area contributed by atoms with Gasteiger partial charge in [-0.15, -0.1) is 10.2 Å². The van der Waals surface area contributed by atoms with Crippen molar-refractivity contribution in [3.05, 3.63) is 5.01 Å². The normalized spacial score (nSPS) is 11.9. The van der Waals surface area contributed by atoms with Gasteiger partial charge in [-0.1, -0.05) is 25.2 Å². The number of carboxylic acids is 1. The van der Waals surface area contributed by atoms with Crippen molar-refractivity contribution in [2.45, 2.75) is 26.7 Å². The third kappa shape index (κ3) is 5.09. The number of aromatic nitrogens is 2. The van der Waals surface area contributed by atoms with Gasteiger partial charge in [0, 0.05) is 13.0 Å². The van der Waals surface area contributed by atoms with E-state index in [4.69, 9.17) is 5.11 Å². The summed E-state index contributed by atoms with van der Waals surface area (Å²) in [6.07, 6.45) is 0.801. The number of aryl methyl sites for hydroxylation is 1. The fourth-order valence-electron chi connectivity index (χ4n) is 1.23. The van der Waals surface area contributed by atoms with Crippen molar-refractivity contribution in [1.82, 2.24) is 15.5 Å². The number of carbonyl (C=O) groups excluding carboxylic acids is 1. The van der Waals surface area contributed by atoms with E-state index in [1.165, 1.54) is 11.3 Å². The Kier molecular flexibility index (Phi) is 5.50. The summed E-state index contributed by atoms with van der Waals surface area (Å²) in [6, 6.07) is -0.397. The summed E-state index contributed by atoms with van der Waals surface area (Å²) < 4.78 is 0. The standard InChI is InChI=1S/C10H16N4O3S/c1-3-7-13-14-10(18-7)12-9(17)11-5-6(2)4-8(15)16/h6H,3-5H2,1-2H3,(H,15,16)(H2,11,12,14,17). The summed E-state index contributed by atoms with van der Waals surface area (Å²) in [5.74, 6) is -0.990. The van der Waals surface area contributed by atoms with Gasteiger partial charge in [0.05, 0.1) is 0 Å². The van der Waals surface area contributed by atoms with Crippen LogP contribution in [0.1, 0.15) is 25.3 Å². The zero-order chi connectivity index (χ0) is 13.5. The highest BCUT2D eigenvalue weighted by Gasteiger charge is 2.10. The van der Waals surface area contributed by atoms with Crippen LogP contribution in [0.2, 0.25) is 0 Å². The lowest BCUT2D eigenvalue weighted by Crippen LogP contribution is -2.32. The number of nitrogens with zero attached hydrogens (tertiary/aromatic N) is 2. The first-order valence-corrected chi connectivity index (χ1v) is 6.42. The fraction of sp³-hybridized carbons (Fsp3) is 0.600. The summed E-state index contributed by atoms with van der Waals surface area (Å²) in [5, 5.41) is 22.7. The smallest absolute Gasteiger partial charge is 0.321 e. The van der Waals surface area contributed by atoms with Crippen molar-refractivity contribution < 1.29 is 14.7 Å². The first-order valence-electron chi connectivity index (χ1n) is 5.60. The predicted molar refractivity (Wildman–Crippen MR) is 67.7 cm³/mol. The quantitative estimate of drug-likeness (QED) is 0.724. The highest BCUT2D eigenvalue weighted by atomic mass is 32.1. The Labute approximate surface area is 109 Å². The molecule has 1 aromatic heterocycles. The van der Waals surface area contributed by atoms with Gasteiger partial charge in [-0.3, -0.25) is 10.1 Å². The van der Waals surface area contributed by atoms with E-state index in [0.29, 0.717) is 11.7 Å². The number of carbonyl (C=O) groups is 2. The number of hydrogen-bond donors (Lipinski definition) is 3. The largest absolute Gasteiger partial charge is 0.481 e. The van der Waals surface area contributed by atoms with E-state index in [0.717, 1.165) is 11.4 Å². The summed E-state index contributed by atoms with van der Waals surface area (Å²) in [7, 11) is 0. The first kappa shape index (κ1) is 14.4. The van der Waals surface area contributed by atoms with Crippen LogP contribution in [0.5, 0.6) is 0 Å². The van der Waals surface area contributed by atoms with Crippen LogP contribution in [0, 0.1) is 5.92 Å². The Balaban J connectivity index is 2.31. The molecule has 7 nitrogen and oxygen atoms in total. The summed E-state index contributed by atoms with van der Waals surface area (Å²) >= 11 is 1.32. The van der Waals surface area contributed by atoms with Crippen LogP contribution < -0.4 is 10.6 Å². The topological polar surface area (TPSA) is 104 Å². The Hall–Kier alpha value is -1.70. The van der Waals surface area contributed by atoms with Gasteiger partial charge in [0.1, 0.15) is 5.01 Å². The number of aliphatic carboxylic acids is 1. The molecule has 0 radical (unpaired) electrons. The lowest BCUT2D eigenvalue weighted by Gasteiger charge is -2.09. The molecule has 0 spiro atoms. The Morgan fingerprint density at radius 1 is 1.44 bits per heavy atom. The molecule has 1 aromatic rings. The molecule has 1 heterocycles. The fourth-order valence-corrected chi connectivity index (χ4v) is 1.90. The molecule has 0 aliphatic carbocycles. The SMILES string of the molecule is CCc1nnc(NC(=O)NCC(C)CC(=O)O)s1. The summed E-state index contributed by atoms with van der Waals surface area (Å²) in [4.78, 5) is 21.9. The molecule has 0 saturated carbocycles. The van der Waals surface area contributed by atoms with Gasteiger partial charge in [0.15, 0.2) is 0 Å². The van der Waals surface area contributed by atoms with Crippen LogP contribution >= 0.6 is 11.3 Å². The minimum Gasteiger partial charge on any atom is -0.481 e. The van der Waals surface area contributed by atoms with Gasteiger partial charge in [-0.25, -0.2) is 4.79 Å². The zero-order valence-corrected chi connectivity index (χ0v) is 11.1. The maximum Gasteiger partial charge on any atom is 0.321 e. The second-order valence-corrected chi connectivity index (χ2v) is 4.95. The van der Waals surface area contributed by atoms with E-state index >= 15 is 0 Å². The number of hydrogen-bond acceptors (Lipinski definition) is 5. The van der Waals surface area contributed by atoms with Gasteiger partial charge < -0.3 is 10.4 Å². The molecule has 100 valence electrons. The molecule has 0 aromatic carbocycles. The van der Waals surface area contributed by atoms with E-state index in [9.17, 15) is 9.59 Å². The van der Waals surface area contributed by atoms with Crippen molar-refractivity contribution in [2.75, 3.05) is 11.9 Å². The molecule has 0 saturated heterocycles. The molecule has 1 atom stereocenters. The molecular weight excluding hydrogens is 256 g/mol. The van der Waals surface area contributed by atoms with Crippen molar-refractivity contribution in [2.24, 2.45) is 5.92 Å². The number of amides is 2. The van der Waals surface area contributed by atoms with E-state index in [1.54, 1.807) is 6.92 Å². The monoisotopic (exact) mass is 272 g/mol. The second-order valence-electron chi connectivity index (χ2n) is 3.89. The van der Waals surface area contributed by atoms with Crippen LogP contribution in [0.15, 0.2) is 0 Å². The third-order valence-electron chi connectivity index (χ3n) is 2.12. The van der Waals surface area contributed by atoms with Gasteiger partial charge in [-0.2, -0.15) is 0 Å². The van der Waals surface area contributed by atoms with Gasteiger partial charge >= 0.3 is 12.0 Å². The molecule has 1 rings (SSSR count). The van der Waals surface area contributed by atoms with Gasteiger partial charge in [0.2, 0.25) is 5.13 Å². The number of rotatable bonds is 6. The minimum atomic E-state index is -0.874. The lowest BCUT2D eigenvalue weighted by molar-refractivity contribution is -0.137. The summed E-state index contributed by atoms with van der Waals surface area (Å²) in [6.45, 7) is 4.02. The minimum absolute atomic E-state index is 0.0269. The highest BCUT2D eigenvalue weighted by molar-refractivity contribution is 7.15. The van der Waals surface area contributed by atoms with Crippen LogP contribution in [0.4, 0.5) is 9.93 Å². The first-order chi connectivity index (χ1) is 8.51. The molecule has 0 bridgehead atoms. The van der Waals surface area contributed by atoms with E-state index in [2.05, 4.69) is 20.8 Å². The Bertz CT molecular complexity index is 421. The predicted octanol–water partition coefficient (Wildman–Crippen LogP) is 1.33. The molecule has 1 unspecified atom stereocenters. The molecule has 3 N–H and O–H groups in total. The highest BCUT2D eigenvalue weighted by Crippen LogP contribution is 2.14. The van der Waals surface area contributed by atoms with Gasteiger partial charge in [0.25, 0.3) is 0 Å². The number of nitrogens with one attached hydrogen (secondary N) is 2. The molecule has 18 heavy (non-hydrogen) atoms. The van der Waals surface area contributed by atoms with Crippen molar-refractivity contribution >= 4 is 28.5 Å². The maximum atomic E-state index is 11.5. The zero-order valence-electron chi connectivity index (χ0n) is 10.3. The van der Waals surface area contributed by atoms with Crippen LogP contribution in [-0.2, 0) is 11.2 Å². The second kappa shape index (κ2) is 6.90. The third-order valence-corrected chi connectivity index (χ3v) is 3.11. The van der Waals surface area contributed by atoms with Gasteiger partial charge in [-0.05, 0) is 12.3 Å². The van der Waals surface area contributed by atoms with E-state index < -0.39 is 12.0 Å². The van der Waals surface area contributed by atoms with Crippen LogP contribution in [0.25, 0.3) is 0 Å². The molecule has 8 heteroatoms. The average molecular weight is 272 g/mol. The Morgan fingerprint density at radius 2 is 2.17 bits per heavy atom. The van der Waals surface area contributed by atoms with Crippen molar-refractivity contribution in [3.63, 3.8) is 0 Å². The summed E-state index contributed by atoms with van der Waals surface area (Å²) in [5.41, 5.74) is 0. The van der Waals surface area contributed by atoms with Crippen LogP contribution in [-0.4, -0.2) is 33.8 Å². The molecule has 0 aliphatic heterocycles. The van der Waals surface area contributed by atoms with Crippen LogP contribution in [0.3, 0.4) is 0 Å². The van der Waals surface area contributed by atoms with Crippen molar-refractivity contribution in [3.8, 4) is 0 Å². The number of urea groups is 1. The molecule has 2 amide bonds. The molecular formula is C10H16N4O3S. The molecule has 0 aliphatic rings. The van der Waals surface area contributed by atoms with Crippen molar-refractivity contribution in [1.29, 1.82) is 0 Å². The van der Waals surface area contributed by atoms with E-state index in [-0.39, 0.29) is 12.3 Å². The van der Waals surface area contributed by atoms with E-state index in [1.807, 2.05) is 6.92 Å². The lowest BCUT2D eigenvalue weighted by atomic mass is 10.1. The average Bonchev–Trinajstić information content (AvgIpc) is 2.73. The molecule has 0 fully saturated rings. The number of anilines is 1.